The van der Waals surface area contributed by atoms with Crippen LogP contribution in [0.15, 0.2) is 10.6 Å². The van der Waals surface area contributed by atoms with Crippen LogP contribution in [0.4, 0.5) is 6.01 Å². The van der Waals surface area contributed by atoms with Crippen molar-refractivity contribution in [1.29, 1.82) is 0 Å². The smallest absolute Gasteiger partial charge is 0.316 e. The third-order valence-corrected chi connectivity index (χ3v) is 4.28. The molecule has 2 heterocycles. The molecule has 0 bridgehead atoms. The molecular weight excluding hydrogens is 274 g/mol. The molecule has 2 N–H and O–H groups in total. The number of rotatable bonds is 7. The van der Waals surface area contributed by atoms with Crippen LogP contribution in [0.3, 0.4) is 0 Å². The van der Waals surface area contributed by atoms with Crippen molar-refractivity contribution >= 4 is 17.4 Å². The van der Waals surface area contributed by atoms with Gasteiger partial charge in [-0.15, -0.1) is 16.4 Å². The molecule has 2 aromatic rings. The Bertz CT molecular complexity index is 538. The Morgan fingerprint density at radius 1 is 1.25 bits per heavy atom. The van der Waals surface area contributed by atoms with Crippen LogP contribution in [0.1, 0.15) is 55.6 Å². The highest BCUT2D eigenvalue weighted by Crippen LogP contribution is 2.24. The van der Waals surface area contributed by atoms with Crippen molar-refractivity contribution in [2.45, 2.75) is 46.2 Å². The molecule has 6 nitrogen and oxygen atoms in total. The van der Waals surface area contributed by atoms with Gasteiger partial charge in [0.25, 0.3) is 0 Å². The molecule has 0 aliphatic heterocycles. The van der Waals surface area contributed by atoms with Gasteiger partial charge in [0.15, 0.2) is 0 Å². The van der Waals surface area contributed by atoms with E-state index in [0.717, 1.165) is 18.0 Å². The van der Waals surface area contributed by atoms with Crippen molar-refractivity contribution < 1.29 is 4.42 Å². The molecule has 2 rings (SSSR count). The van der Waals surface area contributed by atoms with Crippen LogP contribution in [0.25, 0.3) is 0 Å². The highest BCUT2D eigenvalue weighted by Gasteiger charge is 2.16. The second-order valence-electron chi connectivity index (χ2n) is 4.61. The monoisotopic (exact) mass is 295 g/mol. The van der Waals surface area contributed by atoms with Gasteiger partial charge in [-0.3, -0.25) is 0 Å². The van der Waals surface area contributed by atoms with Crippen LogP contribution in [-0.4, -0.2) is 21.7 Å². The van der Waals surface area contributed by atoms with Crippen LogP contribution in [0.2, 0.25) is 0 Å². The summed E-state index contributed by atoms with van der Waals surface area (Å²) in [6, 6.07) is 0.554. The SMILES string of the molecule is CCNC(C)c1nnc(NC(C)c2ncc(CC)s2)o1. The van der Waals surface area contributed by atoms with Crippen LogP contribution < -0.4 is 10.6 Å². The zero-order valence-corrected chi connectivity index (χ0v) is 13.1. The number of aromatic nitrogens is 3. The Morgan fingerprint density at radius 2 is 2.05 bits per heavy atom. The summed E-state index contributed by atoms with van der Waals surface area (Å²) in [7, 11) is 0. The molecule has 0 fully saturated rings. The molecular formula is C13H21N5OS. The van der Waals surface area contributed by atoms with Crippen molar-refractivity contribution in [2.75, 3.05) is 11.9 Å². The van der Waals surface area contributed by atoms with E-state index >= 15 is 0 Å². The molecule has 0 aromatic carbocycles. The van der Waals surface area contributed by atoms with Crippen molar-refractivity contribution in [3.8, 4) is 0 Å². The van der Waals surface area contributed by atoms with Crippen molar-refractivity contribution in [1.82, 2.24) is 20.5 Å². The highest BCUT2D eigenvalue weighted by atomic mass is 32.1. The van der Waals surface area contributed by atoms with Gasteiger partial charge in [0, 0.05) is 11.1 Å². The van der Waals surface area contributed by atoms with Gasteiger partial charge in [0.05, 0.1) is 12.1 Å². The van der Waals surface area contributed by atoms with Crippen LogP contribution in [-0.2, 0) is 6.42 Å². The average Bonchev–Trinajstić information content (AvgIpc) is 3.07. The first-order valence-corrected chi connectivity index (χ1v) is 7.73. The molecule has 0 saturated heterocycles. The fourth-order valence-corrected chi connectivity index (χ4v) is 2.65. The second kappa shape index (κ2) is 6.81. The second-order valence-corrected chi connectivity index (χ2v) is 5.76. The van der Waals surface area contributed by atoms with E-state index in [-0.39, 0.29) is 12.1 Å². The minimum atomic E-state index is 0.0584. The maximum Gasteiger partial charge on any atom is 0.316 e. The lowest BCUT2D eigenvalue weighted by Crippen LogP contribution is -2.17. The summed E-state index contributed by atoms with van der Waals surface area (Å²) in [6.07, 6.45) is 2.93. The molecule has 7 heteroatoms. The lowest BCUT2D eigenvalue weighted by molar-refractivity contribution is 0.427. The molecule has 0 amide bonds. The van der Waals surface area contributed by atoms with Gasteiger partial charge in [-0.1, -0.05) is 18.9 Å². The summed E-state index contributed by atoms with van der Waals surface area (Å²) in [5.41, 5.74) is 0. The van der Waals surface area contributed by atoms with E-state index in [1.165, 1.54) is 4.88 Å². The first-order chi connectivity index (χ1) is 9.63. The summed E-state index contributed by atoms with van der Waals surface area (Å²) >= 11 is 1.71. The van der Waals surface area contributed by atoms with E-state index in [4.69, 9.17) is 4.42 Å². The van der Waals surface area contributed by atoms with E-state index in [9.17, 15) is 0 Å². The molecule has 0 saturated carbocycles. The summed E-state index contributed by atoms with van der Waals surface area (Å²) in [4.78, 5) is 5.69. The van der Waals surface area contributed by atoms with Crippen molar-refractivity contribution in [3.05, 3.63) is 22.0 Å². The number of nitrogens with zero attached hydrogens (tertiary/aromatic N) is 3. The topological polar surface area (TPSA) is 75.9 Å². The predicted octanol–water partition coefficient (Wildman–Crippen LogP) is 2.93. The van der Waals surface area contributed by atoms with Gasteiger partial charge in [-0.2, -0.15) is 0 Å². The zero-order chi connectivity index (χ0) is 14.5. The first kappa shape index (κ1) is 14.9. The normalized spacial score (nSPS) is 14.2. The average molecular weight is 295 g/mol. The summed E-state index contributed by atoms with van der Waals surface area (Å²) < 4.78 is 5.60. The maximum absolute atomic E-state index is 5.60. The van der Waals surface area contributed by atoms with Crippen molar-refractivity contribution in [2.24, 2.45) is 0 Å². The molecule has 2 atom stereocenters. The van der Waals surface area contributed by atoms with Gasteiger partial charge < -0.3 is 15.1 Å². The number of hydrogen-bond donors (Lipinski definition) is 2. The summed E-state index contributed by atoms with van der Waals surface area (Å²) in [5, 5.41) is 15.5. The zero-order valence-electron chi connectivity index (χ0n) is 12.3. The maximum atomic E-state index is 5.60. The Hall–Kier alpha value is -1.47. The van der Waals surface area contributed by atoms with Crippen LogP contribution in [0, 0.1) is 0 Å². The molecule has 2 unspecified atom stereocenters. The minimum Gasteiger partial charge on any atom is -0.406 e. The fraction of sp³-hybridized carbons (Fsp3) is 0.615. The third-order valence-electron chi connectivity index (χ3n) is 2.95. The molecule has 0 aliphatic carbocycles. The third kappa shape index (κ3) is 3.55. The van der Waals surface area contributed by atoms with Gasteiger partial charge >= 0.3 is 6.01 Å². The number of hydrogen-bond acceptors (Lipinski definition) is 7. The fourth-order valence-electron chi connectivity index (χ4n) is 1.79. The first-order valence-electron chi connectivity index (χ1n) is 6.91. The Balaban J connectivity index is 1.99. The molecule has 0 aliphatic rings. The van der Waals surface area contributed by atoms with Gasteiger partial charge in [-0.05, 0) is 26.8 Å². The predicted molar refractivity (Wildman–Crippen MR) is 79.9 cm³/mol. The van der Waals surface area contributed by atoms with Crippen molar-refractivity contribution in [3.63, 3.8) is 0 Å². The number of anilines is 1. The van der Waals surface area contributed by atoms with Gasteiger partial charge in [-0.25, -0.2) is 4.98 Å². The summed E-state index contributed by atoms with van der Waals surface area (Å²) in [6.45, 7) is 9.07. The number of aryl methyl sites for hydroxylation is 1. The Kier molecular flexibility index (Phi) is 5.08. The summed E-state index contributed by atoms with van der Waals surface area (Å²) in [5.74, 6) is 0.593. The van der Waals surface area contributed by atoms with E-state index in [2.05, 4.69) is 32.7 Å². The van der Waals surface area contributed by atoms with E-state index < -0.39 is 0 Å². The largest absolute Gasteiger partial charge is 0.406 e. The molecule has 0 radical (unpaired) electrons. The molecule has 20 heavy (non-hydrogen) atoms. The lowest BCUT2D eigenvalue weighted by Gasteiger charge is -2.08. The number of nitrogens with one attached hydrogen (secondary N) is 2. The van der Waals surface area contributed by atoms with Crippen LogP contribution >= 0.6 is 11.3 Å². The van der Waals surface area contributed by atoms with E-state index in [0.29, 0.717) is 11.9 Å². The van der Waals surface area contributed by atoms with Crippen LogP contribution in [0.5, 0.6) is 0 Å². The van der Waals surface area contributed by atoms with E-state index in [1.54, 1.807) is 11.3 Å². The molecule has 110 valence electrons. The van der Waals surface area contributed by atoms with Gasteiger partial charge in [0.2, 0.25) is 5.89 Å². The Morgan fingerprint density at radius 3 is 2.70 bits per heavy atom. The number of thiazole rings is 1. The minimum absolute atomic E-state index is 0.0584. The highest BCUT2D eigenvalue weighted by molar-refractivity contribution is 7.11. The molecule has 0 spiro atoms. The lowest BCUT2D eigenvalue weighted by atomic mass is 10.3. The standard InChI is InChI=1S/C13H21N5OS/c1-5-10-7-15-12(20-10)9(4)16-13-18-17-11(19-13)8(3)14-6-2/h7-9,14H,5-6H2,1-4H3,(H,16,18). The van der Waals surface area contributed by atoms with Gasteiger partial charge in [0.1, 0.15) is 5.01 Å². The Labute approximate surface area is 123 Å². The molecule has 2 aromatic heterocycles. The van der Waals surface area contributed by atoms with E-state index in [1.807, 2.05) is 27.0 Å². The quantitative estimate of drug-likeness (QED) is 0.818.